The molecule has 38 heavy (non-hydrogen) atoms. The van der Waals surface area contributed by atoms with Gasteiger partial charge in [-0.05, 0) is 49.7 Å². The normalized spacial score (nSPS) is 15.2. The number of carbonyl (C=O) groups is 2. The minimum absolute atomic E-state index is 0.00594. The first kappa shape index (κ1) is 27.8. The summed E-state index contributed by atoms with van der Waals surface area (Å²) < 4.78 is 35.0. The zero-order valence-corrected chi connectivity index (χ0v) is 22.8. The van der Waals surface area contributed by atoms with Crippen LogP contribution in [0.25, 0.3) is 11.4 Å². The molecule has 0 bridgehead atoms. The Morgan fingerprint density at radius 2 is 1.84 bits per heavy atom. The van der Waals surface area contributed by atoms with E-state index >= 15 is 0 Å². The topological polar surface area (TPSA) is 150 Å². The Morgan fingerprint density at radius 1 is 1.13 bits per heavy atom. The van der Waals surface area contributed by atoms with Gasteiger partial charge in [0.15, 0.2) is 11.0 Å². The molecule has 1 aromatic heterocycles. The Kier molecular flexibility index (Phi) is 8.82. The van der Waals surface area contributed by atoms with Gasteiger partial charge in [-0.2, -0.15) is 4.31 Å². The summed E-state index contributed by atoms with van der Waals surface area (Å²) in [6, 6.07) is 13.0. The Labute approximate surface area is 225 Å². The number of nitrogens with one attached hydrogen (secondary N) is 1. The molecule has 1 atom stereocenters. The first-order valence-electron chi connectivity index (χ1n) is 12.2. The summed E-state index contributed by atoms with van der Waals surface area (Å²) >= 11 is 1.24. The predicted octanol–water partition coefficient (Wildman–Crippen LogP) is 2.77. The Bertz CT molecular complexity index is 1400. The highest BCUT2D eigenvalue weighted by Gasteiger charge is 2.27. The lowest BCUT2D eigenvalue weighted by atomic mass is 10.2. The fourth-order valence-electron chi connectivity index (χ4n) is 3.93. The molecule has 1 aliphatic heterocycles. The van der Waals surface area contributed by atoms with Gasteiger partial charge < -0.3 is 15.8 Å². The molecular weight excluding hydrogens is 528 g/mol. The summed E-state index contributed by atoms with van der Waals surface area (Å²) in [4.78, 5) is 24.0. The van der Waals surface area contributed by atoms with Gasteiger partial charge in [0.05, 0.1) is 23.9 Å². The summed E-state index contributed by atoms with van der Waals surface area (Å²) in [6.45, 7) is 5.42. The van der Waals surface area contributed by atoms with Crippen molar-refractivity contribution in [2.75, 3.05) is 37.4 Å². The molecule has 2 heterocycles. The maximum atomic E-state index is 13.2. The van der Waals surface area contributed by atoms with Crippen LogP contribution < -0.4 is 11.1 Å². The van der Waals surface area contributed by atoms with Crippen LogP contribution in [0.1, 0.15) is 36.7 Å². The van der Waals surface area contributed by atoms with E-state index in [2.05, 4.69) is 15.5 Å². The van der Waals surface area contributed by atoms with E-state index in [1.54, 1.807) is 48.5 Å². The summed E-state index contributed by atoms with van der Waals surface area (Å²) in [5.41, 5.74) is 6.78. The lowest BCUT2D eigenvalue weighted by molar-refractivity contribution is -0.113. The van der Waals surface area contributed by atoms with Crippen molar-refractivity contribution in [2.45, 2.75) is 36.4 Å². The number of carbonyl (C=O) groups excluding carboxylic acids is 2. The number of hydrogen-bond acceptors (Lipinski definition) is 8. The zero-order valence-electron chi connectivity index (χ0n) is 21.2. The number of hydrogen-bond donors (Lipinski definition) is 2. The van der Waals surface area contributed by atoms with Crippen molar-refractivity contribution in [3.63, 3.8) is 0 Å². The molecule has 11 nitrogen and oxygen atoms in total. The predicted molar refractivity (Wildman–Crippen MR) is 144 cm³/mol. The van der Waals surface area contributed by atoms with E-state index in [4.69, 9.17) is 10.5 Å². The Morgan fingerprint density at radius 3 is 2.50 bits per heavy atom. The molecule has 3 N–H and O–H groups in total. The smallest absolute Gasteiger partial charge is 0.248 e. The van der Waals surface area contributed by atoms with Crippen molar-refractivity contribution in [1.29, 1.82) is 0 Å². The number of primary amides is 1. The third-order valence-electron chi connectivity index (χ3n) is 6.18. The van der Waals surface area contributed by atoms with Crippen LogP contribution in [0.5, 0.6) is 0 Å². The number of ether oxygens (including phenoxy) is 1. The average Bonchev–Trinajstić information content (AvgIpc) is 3.36. The molecule has 2 amide bonds. The van der Waals surface area contributed by atoms with Crippen LogP contribution in [0, 0.1) is 0 Å². The maximum Gasteiger partial charge on any atom is 0.248 e. The fourth-order valence-corrected chi connectivity index (χ4v) is 6.22. The second-order valence-electron chi connectivity index (χ2n) is 8.76. The van der Waals surface area contributed by atoms with E-state index in [1.807, 2.05) is 18.4 Å². The largest absolute Gasteiger partial charge is 0.379 e. The summed E-state index contributed by atoms with van der Waals surface area (Å²) in [7, 11) is -3.67. The molecule has 0 aliphatic carbocycles. The third kappa shape index (κ3) is 6.23. The minimum Gasteiger partial charge on any atom is -0.379 e. The van der Waals surface area contributed by atoms with E-state index in [0.29, 0.717) is 54.1 Å². The highest BCUT2D eigenvalue weighted by Crippen LogP contribution is 2.31. The number of thioether (sulfide) groups is 1. The number of sulfonamides is 1. The quantitative estimate of drug-likeness (QED) is 0.361. The molecule has 0 saturated carbocycles. The van der Waals surface area contributed by atoms with Crippen molar-refractivity contribution in [3.05, 3.63) is 54.1 Å². The Balaban J connectivity index is 1.53. The van der Waals surface area contributed by atoms with E-state index in [-0.39, 0.29) is 22.6 Å². The van der Waals surface area contributed by atoms with Crippen molar-refractivity contribution in [3.8, 4) is 11.4 Å². The van der Waals surface area contributed by atoms with Gasteiger partial charge in [0, 0.05) is 35.9 Å². The van der Waals surface area contributed by atoms with E-state index in [9.17, 15) is 18.0 Å². The number of rotatable bonds is 10. The van der Waals surface area contributed by atoms with Crippen molar-refractivity contribution < 1.29 is 22.7 Å². The molecule has 1 saturated heterocycles. The standard InChI is InChI=1S/C25H30N6O5S2/c1-3-17(2)31-24(19-5-4-6-21(15-19)38(34,35)30-11-13-36-14-12-30)28-29-25(31)37-16-22(32)27-20-9-7-18(8-10-20)23(26)33/h4-10,15,17H,3,11-14,16H2,1-2H3,(H2,26,33)(H,27,32)/t17-/m1/s1. The van der Waals surface area contributed by atoms with Crippen LogP contribution >= 0.6 is 11.8 Å². The molecule has 1 aliphatic rings. The number of benzene rings is 2. The summed E-state index contributed by atoms with van der Waals surface area (Å²) in [5, 5.41) is 12.0. The molecule has 4 rings (SSSR count). The SMILES string of the molecule is CC[C@@H](C)n1c(SCC(=O)Nc2ccc(C(N)=O)cc2)nnc1-c1cccc(S(=O)(=O)N2CCOCC2)c1. The molecule has 2 aromatic carbocycles. The van der Waals surface area contributed by atoms with Gasteiger partial charge in [0.1, 0.15) is 0 Å². The lowest BCUT2D eigenvalue weighted by Gasteiger charge is -2.26. The molecule has 3 aromatic rings. The van der Waals surface area contributed by atoms with Crippen LogP contribution in [-0.2, 0) is 19.6 Å². The van der Waals surface area contributed by atoms with Gasteiger partial charge >= 0.3 is 0 Å². The van der Waals surface area contributed by atoms with Gasteiger partial charge in [-0.25, -0.2) is 8.42 Å². The summed E-state index contributed by atoms with van der Waals surface area (Å²) in [6.07, 6.45) is 0.781. The zero-order chi connectivity index (χ0) is 27.3. The van der Waals surface area contributed by atoms with Crippen LogP contribution in [0.2, 0.25) is 0 Å². The number of anilines is 1. The van der Waals surface area contributed by atoms with Gasteiger partial charge in [-0.3, -0.25) is 14.2 Å². The second-order valence-corrected chi connectivity index (χ2v) is 11.6. The fraction of sp³-hybridized carbons (Fsp3) is 0.360. The minimum atomic E-state index is -3.67. The highest BCUT2D eigenvalue weighted by atomic mass is 32.2. The lowest BCUT2D eigenvalue weighted by Crippen LogP contribution is -2.40. The second kappa shape index (κ2) is 12.1. The monoisotopic (exact) mass is 558 g/mol. The van der Waals surface area contributed by atoms with Gasteiger partial charge in [0.25, 0.3) is 0 Å². The van der Waals surface area contributed by atoms with Crippen LogP contribution in [0.4, 0.5) is 5.69 Å². The van der Waals surface area contributed by atoms with Crippen molar-refractivity contribution >= 4 is 39.3 Å². The molecule has 0 radical (unpaired) electrons. The van der Waals surface area contributed by atoms with Crippen molar-refractivity contribution in [2.24, 2.45) is 5.73 Å². The maximum absolute atomic E-state index is 13.2. The van der Waals surface area contributed by atoms with E-state index < -0.39 is 15.9 Å². The first-order chi connectivity index (χ1) is 18.2. The van der Waals surface area contributed by atoms with Gasteiger partial charge in [-0.1, -0.05) is 30.8 Å². The number of morpholine rings is 1. The van der Waals surface area contributed by atoms with Gasteiger partial charge in [-0.15, -0.1) is 10.2 Å². The van der Waals surface area contributed by atoms with Gasteiger partial charge in [0.2, 0.25) is 21.8 Å². The highest BCUT2D eigenvalue weighted by molar-refractivity contribution is 7.99. The molecule has 0 unspecified atom stereocenters. The molecule has 0 spiro atoms. The number of nitrogens with two attached hydrogens (primary N) is 1. The van der Waals surface area contributed by atoms with Crippen LogP contribution in [-0.4, -0.2) is 71.4 Å². The summed E-state index contributed by atoms with van der Waals surface area (Å²) in [5.74, 6) is -0.177. The van der Waals surface area contributed by atoms with Crippen LogP contribution in [0.15, 0.2) is 58.6 Å². The van der Waals surface area contributed by atoms with E-state index in [0.717, 1.165) is 6.42 Å². The first-order valence-corrected chi connectivity index (χ1v) is 14.6. The number of aromatic nitrogens is 3. The number of amides is 2. The Hall–Kier alpha value is -3.26. The van der Waals surface area contributed by atoms with E-state index in [1.165, 1.54) is 16.1 Å². The molecular formula is C25H30N6O5S2. The third-order valence-corrected chi connectivity index (χ3v) is 9.02. The average molecular weight is 559 g/mol. The van der Waals surface area contributed by atoms with Crippen LogP contribution in [0.3, 0.4) is 0 Å². The molecule has 202 valence electrons. The molecule has 1 fully saturated rings. The number of nitrogens with zero attached hydrogens (tertiary/aromatic N) is 4. The molecule has 13 heteroatoms. The van der Waals surface area contributed by atoms with Crippen molar-refractivity contribution in [1.82, 2.24) is 19.1 Å².